The number of rotatable bonds is 6. The quantitative estimate of drug-likeness (QED) is 0.830. The number of hydrogen-bond acceptors (Lipinski definition) is 6. The zero-order valence-electron chi connectivity index (χ0n) is 11.5. The van der Waals surface area contributed by atoms with Gasteiger partial charge in [-0.3, -0.25) is 9.78 Å². The van der Waals surface area contributed by atoms with Gasteiger partial charge in [0, 0.05) is 25.4 Å². The largest absolute Gasteiger partial charge is 0.385 e. The zero-order chi connectivity index (χ0) is 14.4. The third-order valence-electron chi connectivity index (χ3n) is 2.55. The lowest BCUT2D eigenvalue weighted by atomic mass is 10.3. The summed E-state index contributed by atoms with van der Waals surface area (Å²) >= 11 is 0. The standard InChI is InChI=1S/C13H17N5O2/c1-3-5-14-10-4-6-15-11(7-10)13(19)16-8-12-17-9(2)20-18-12/h4,6-7H,3,5,8H2,1-2H3,(H,14,15)(H,16,19). The lowest BCUT2D eigenvalue weighted by Crippen LogP contribution is -2.24. The first kappa shape index (κ1) is 14.0. The van der Waals surface area contributed by atoms with Gasteiger partial charge in [-0.1, -0.05) is 12.1 Å². The number of carbonyl (C=O) groups is 1. The van der Waals surface area contributed by atoms with E-state index < -0.39 is 0 Å². The molecule has 20 heavy (non-hydrogen) atoms. The van der Waals surface area contributed by atoms with E-state index in [2.05, 4.69) is 32.7 Å². The molecule has 106 valence electrons. The summed E-state index contributed by atoms with van der Waals surface area (Å²) in [6.07, 6.45) is 2.62. The highest BCUT2D eigenvalue weighted by molar-refractivity contribution is 5.92. The summed E-state index contributed by atoms with van der Waals surface area (Å²) in [5.41, 5.74) is 1.23. The first-order valence-corrected chi connectivity index (χ1v) is 6.46. The van der Waals surface area contributed by atoms with Gasteiger partial charge < -0.3 is 15.2 Å². The maximum absolute atomic E-state index is 12.0. The van der Waals surface area contributed by atoms with E-state index in [1.54, 1.807) is 19.2 Å². The van der Waals surface area contributed by atoms with Gasteiger partial charge in [0.25, 0.3) is 5.91 Å². The summed E-state index contributed by atoms with van der Waals surface area (Å²) in [6.45, 7) is 4.84. The fraction of sp³-hybridized carbons (Fsp3) is 0.385. The predicted molar refractivity (Wildman–Crippen MR) is 73.2 cm³/mol. The first-order valence-electron chi connectivity index (χ1n) is 6.46. The Labute approximate surface area is 116 Å². The van der Waals surface area contributed by atoms with E-state index in [-0.39, 0.29) is 12.5 Å². The van der Waals surface area contributed by atoms with Crippen LogP contribution < -0.4 is 10.6 Å². The Kier molecular flexibility index (Phi) is 4.65. The second kappa shape index (κ2) is 6.65. The van der Waals surface area contributed by atoms with E-state index >= 15 is 0 Å². The molecular weight excluding hydrogens is 258 g/mol. The highest BCUT2D eigenvalue weighted by Gasteiger charge is 2.09. The van der Waals surface area contributed by atoms with Crippen LogP contribution in [0.1, 0.15) is 35.5 Å². The van der Waals surface area contributed by atoms with E-state index in [4.69, 9.17) is 4.52 Å². The fourth-order valence-electron chi connectivity index (χ4n) is 1.60. The summed E-state index contributed by atoms with van der Waals surface area (Å²) in [7, 11) is 0. The van der Waals surface area contributed by atoms with Gasteiger partial charge in [-0.2, -0.15) is 4.98 Å². The first-order chi connectivity index (χ1) is 9.69. The molecule has 2 aromatic rings. The molecule has 2 N–H and O–H groups in total. The Hall–Kier alpha value is -2.44. The van der Waals surface area contributed by atoms with Gasteiger partial charge in [0.2, 0.25) is 5.89 Å². The van der Waals surface area contributed by atoms with Crippen LogP contribution in [-0.4, -0.2) is 27.6 Å². The van der Waals surface area contributed by atoms with Crippen molar-refractivity contribution in [1.82, 2.24) is 20.4 Å². The van der Waals surface area contributed by atoms with Crippen LogP contribution in [0.15, 0.2) is 22.9 Å². The highest BCUT2D eigenvalue weighted by Crippen LogP contribution is 2.08. The molecule has 0 fully saturated rings. The van der Waals surface area contributed by atoms with Crippen molar-refractivity contribution in [1.29, 1.82) is 0 Å². The van der Waals surface area contributed by atoms with Gasteiger partial charge in [-0.25, -0.2) is 0 Å². The number of nitrogens with zero attached hydrogens (tertiary/aromatic N) is 3. The van der Waals surface area contributed by atoms with Gasteiger partial charge in [0.15, 0.2) is 5.82 Å². The number of aromatic nitrogens is 3. The van der Waals surface area contributed by atoms with Gasteiger partial charge in [-0.05, 0) is 18.6 Å². The highest BCUT2D eigenvalue weighted by atomic mass is 16.5. The molecule has 2 rings (SSSR count). The van der Waals surface area contributed by atoms with Crippen molar-refractivity contribution in [2.45, 2.75) is 26.8 Å². The molecule has 2 heterocycles. The topological polar surface area (TPSA) is 92.9 Å². The molecule has 0 bridgehead atoms. The lowest BCUT2D eigenvalue weighted by molar-refractivity contribution is 0.0944. The van der Waals surface area contributed by atoms with Crippen LogP contribution in [0.3, 0.4) is 0 Å². The van der Waals surface area contributed by atoms with Crippen molar-refractivity contribution < 1.29 is 9.32 Å². The Bertz CT molecular complexity index is 582. The average molecular weight is 275 g/mol. The molecule has 0 unspecified atom stereocenters. The van der Waals surface area contributed by atoms with E-state index in [9.17, 15) is 4.79 Å². The summed E-state index contributed by atoms with van der Waals surface area (Å²) in [5, 5.41) is 9.61. The molecule has 0 aliphatic heterocycles. The lowest BCUT2D eigenvalue weighted by Gasteiger charge is -2.06. The van der Waals surface area contributed by atoms with Crippen LogP contribution in [0.4, 0.5) is 5.69 Å². The normalized spacial score (nSPS) is 10.3. The smallest absolute Gasteiger partial charge is 0.270 e. The number of nitrogens with one attached hydrogen (secondary N) is 2. The Balaban J connectivity index is 1.94. The number of anilines is 1. The third kappa shape index (κ3) is 3.78. The maximum atomic E-state index is 12.0. The molecule has 7 heteroatoms. The predicted octanol–water partition coefficient (Wildman–Crippen LogP) is 1.52. The van der Waals surface area contributed by atoms with Crippen LogP contribution in [0.25, 0.3) is 0 Å². The van der Waals surface area contributed by atoms with Crippen LogP contribution in [0, 0.1) is 6.92 Å². The number of hydrogen-bond donors (Lipinski definition) is 2. The maximum Gasteiger partial charge on any atom is 0.270 e. The molecule has 0 saturated heterocycles. The van der Waals surface area contributed by atoms with Crippen LogP contribution in [0.5, 0.6) is 0 Å². The van der Waals surface area contributed by atoms with Gasteiger partial charge in [0.05, 0.1) is 6.54 Å². The fourth-order valence-corrected chi connectivity index (χ4v) is 1.60. The summed E-state index contributed by atoms with van der Waals surface area (Å²) in [6, 6.07) is 3.54. The zero-order valence-corrected chi connectivity index (χ0v) is 11.5. The molecule has 7 nitrogen and oxygen atoms in total. The van der Waals surface area contributed by atoms with Crippen molar-refractivity contribution in [3.05, 3.63) is 35.7 Å². The van der Waals surface area contributed by atoms with Crippen molar-refractivity contribution in [2.75, 3.05) is 11.9 Å². The Morgan fingerprint density at radius 3 is 3.00 bits per heavy atom. The van der Waals surface area contributed by atoms with E-state index in [1.807, 2.05) is 6.07 Å². The van der Waals surface area contributed by atoms with Crippen LogP contribution >= 0.6 is 0 Å². The van der Waals surface area contributed by atoms with E-state index in [0.29, 0.717) is 17.4 Å². The Morgan fingerprint density at radius 1 is 1.45 bits per heavy atom. The van der Waals surface area contributed by atoms with Gasteiger partial charge in [-0.15, -0.1) is 0 Å². The van der Waals surface area contributed by atoms with Crippen molar-refractivity contribution in [2.24, 2.45) is 0 Å². The number of aryl methyl sites for hydroxylation is 1. The number of amides is 1. The van der Waals surface area contributed by atoms with E-state index in [0.717, 1.165) is 18.7 Å². The Morgan fingerprint density at radius 2 is 2.30 bits per heavy atom. The number of pyridine rings is 1. The molecule has 0 aliphatic rings. The molecule has 2 aromatic heterocycles. The molecule has 1 amide bonds. The molecule has 0 radical (unpaired) electrons. The second-order valence-electron chi connectivity index (χ2n) is 4.27. The third-order valence-corrected chi connectivity index (χ3v) is 2.55. The van der Waals surface area contributed by atoms with Crippen LogP contribution in [0.2, 0.25) is 0 Å². The second-order valence-corrected chi connectivity index (χ2v) is 4.27. The molecule has 0 atom stereocenters. The average Bonchev–Trinajstić information content (AvgIpc) is 2.88. The summed E-state index contributed by atoms with van der Waals surface area (Å²) in [5.74, 6) is 0.641. The van der Waals surface area contributed by atoms with Crippen molar-refractivity contribution >= 4 is 11.6 Å². The minimum atomic E-state index is -0.271. The monoisotopic (exact) mass is 275 g/mol. The van der Waals surface area contributed by atoms with E-state index in [1.165, 1.54) is 0 Å². The minimum Gasteiger partial charge on any atom is -0.385 e. The van der Waals surface area contributed by atoms with Crippen molar-refractivity contribution in [3.8, 4) is 0 Å². The SMILES string of the molecule is CCCNc1ccnc(C(=O)NCc2noc(C)n2)c1. The van der Waals surface area contributed by atoms with Gasteiger partial charge in [0.1, 0.15) is 5.69 Å². The van der Waals surface area contributed by atoms with Crippen LogP contribution in [-0.2, 0) is 6.54 Å². The molecule has 0 aliphatic carbocycles. The summed E-state index contributed by atoms with van der Waals surface area (Å²) < 4.78 is 4.83. The van der Waals surface area contributed by atoms with Crippen molar-refractivity contribution in [3.63, 3.8) is 0 Å². The number of carbonyl (C=O) groups excluding carboxylic acids is 1. The summed E-state index contributed by atoms with van der Waals surface area (Å²) in [4.78, 5) is 20.0. The minimum absolute atomic E-state index is 0.213. The molecular formula is C13H17N5O2. The molecule has 0 spiro atoms. The van der Waals surface area contributed by atoms with Gasteiger partial charge >= 0.3 is 0 Å². The molecule has 0 aromatic carbocycles. The molecule has 0 saturated carbocycles.